The molecule has 35 heavy (non-hydrogen) atoms. The van der Waals surface area contributed by atoms with Crippen LogP contribution in [0.3, 0.4) is 0 Å². The van der Waals surface area contributed by atoms with Crippen LogP contribution >= 0.6 is 0 Å². The summed E-state index contributed by atoms with van der Waals surface area (Å²) in [5.74, 6) is -0.884. The van der Waals surface area contributed by atoms with E-state index < -0.39 is 23.1 Å². The minimum Gasteiger partial charge on any atom is -0.467 e. The lowest BCUT2D eigenvalue weighted by Crippen LogP contribution is -2.43. The van der Waals surface area contributed by atoms with Crippen molar-refractivity contribution in [2.75, 3.05) is 17.2 Å². The van der Waals surface area contributed by atoms with E-state index in [1.165, 1.54) is 15.7 Å². The third-order valence-corrected chi connectivity index (χ3v) is 6.16. The van der Waals surface area contributed by atoms with Crippen LogP contribution in [0, 0.1) is 5.92 Å². The number of carbonyl (C=O) groups excluding carboxylic acids is 2. The van der Waals surface area contributed by atoms with Crippen LogP contribution in [0.25, 0.3) is 0 Å². The fourth-order valence-corrected chi connectivity index (χ4v) is 4.32. The van der Waals surface area contributed by atoms with Gasteiger partial charge in [0.2, 0.25) is 11.8 Å². The van der Waals surface area contributed by atoms with Gasteiger partial charge in [-0.1, -0.05) is 43.7 Å². The molecule has 3 N–H and O–H groups in total. The zero-order valence-corrected chi connectivity index (χ0v) is 19.6. The molecule has 10 heteroatoms. The third kappa shape index (κ3) is 5.21. The Bertz CT molecular complexity index is 1300. The minimum absolute atomic E-state index is 0.0214. The van der Waals surface area contributed by atoms with Crippen LogP contribution in [0.1, 0.15) is 37.5 Å². The fourth-order valence-electron chi connectivity index (χ4n) is 4.32. The summed E-state index contributed by atoms with van der Waals surface area (Å²) < 4.78 is 6.69. The standard InChI is InChI=1S/C25H29N5O5/c1-2-3-11-29-22(26)21(23(32)27-25(29)34)30(16-19-10-7-12-35-19)24(33)18-13-20(31)28(15-18)14-17-8-5-4-6-9-17/h4-10,12,18H,2-3,11,13-16,26H2,1H3,(H,27,32,34). The van der Waals surface area contributed by atoms with Crippen molar-refractivity contribution in [3.05, 3.63) is 80.9 Å². The molecule has 2 amide bonds. The molecule has 1 aromatic carbocycles. The number of hydrogen-bond acceptors (Lipinski definition) is 6. The van der Waals surface area contributed by atoms with Gasteiger partial charge >= 0.3 is 5.69 Å². The molecular formula is C25H29N5O5. The molecule has 3 heterocycles. The van der Waals surface area contributed by atoms with Crippen molar-refractivity contribution in [1.82, 2.24) is 14.5 Å². The van der Waals surface area contributed by atoms with Crippen LogP contribution in [-0.2, 0) is 29.2 Å². The maximum atomic E-state index is 13.7. The molecule has 1 saturated heterocycles. The number of nitrogens with one attached hydrogen (secondary N) is 1. The Kier molecular flexibility index (Phi) is 7.19. The normalized spacial score (nSPS) is 15.5. The maximum Gasteiger partial charge on any atom is 0.330 e. The summed E-state index contributed by atoms with van der Waals surface area (Å²) >= 11 is 0. The van der Waals surface area contributed by atoms with Crippen molar-refractivity contribution in [2.24, 2.45) is 5.92 Å². The summed E-state index contributed by atoms with van der Waals surface area (Å²) in [7, 11) is 0. The van der Waals surface area contributed by atoms with Crippen LogP contribution in [0.2, 0.25) is 0 Å². The second-order valence-corrected chi connectivity index (χ2v) is 8.66. The number of benzene rings is 1. The summed E-state index contributed by atoms with van der Waals surface area (Å²) in [4.78, 5) is 56.9. The Morgan fingerprint density at radius 3 is 2.63 bits per heavy atom. The molecule has 0 spiro atoms. The smallest absolute Gasteiger partial charge is 0.330 e. The number of nitrogens with zero attached hydrogens (tertiary/aromatic N) is 3. The lowest BCUT2D eigenvalue weighted by atomic mass is 10.1. The van der Waals surface area contributed by atoms with Crippen molar-refractivity contribution in [1.29, 1.82) is 0 Å². The number of aromatic nitrogens is 2. The Morgan fingerprint density at radius 1 is 1.17 bits per heavy atom. The number of amides is 2. The van der Waals surface area contributed by atoms with Crippen molar-refractivity contribution in [3.8, 4) is 0 Å². The van der Waals surface area contributed by atoms with E-state index in [1.807, 2.05) is 37.3 Å². The predicted octanol–water partition coefficient (Wildman–Crippen LogP) is 2.09. The molecule has 2 aromatic heterocycles. The van der Waals surface area contributed by atoms with Crippen molar-refractivity contribution < 1.29 is 14.0 Å². The van der Waals surface area contributed by atoms with Gasteiger partial charge in [-0.05, 0) is 24.1 Å². The van der Waals surface area contributed by atoms with Gasteiger partial charge in [0, 0.05) is 26.1 Å². The van der Waals surface area contributed by atoms with E-state index >= 15 is 0 Å². The number of likely N-dealkylation sites (tertiary alicyclic amines) is 1. The average molecular weight is 480 g/mol. The van der Waals surface area contributed by atoms with Crippen LogP contribution in [0.5, 0.6) is 0 Å². The first-order chi connectivity index (χ1) is 16.9. The number of aromatic amines is 1. The summed E-state index contributed by atoms with van der Waals surface area (Å²) in [5, 5.41) is 0. The molecule has 184 valence electrons. The molecule has 0 radical (unpaired) electrons. The predicted molar refractivity (Wildman–Crippen MR) is 131 cm³/mol. The number of carbonyl (C=O) groups is 2. The molecule has 4 rings (SSSR count). The molecule has 1 atom stereocenters. The molecule has 0 saturated carbocycles. The van der Waals surface area contributed by atoms with Gasteiger partial charge in [-0.15, -0.1) is 0 Å². The highest BCUT2D eigenvalue weighted by Gasteiger charge is 2.38. The maximum absolute atomic E-state index is 13.7. The lowest BCUT2D eigenvalue weighted by molar-refractivity contribution is -0.128. The third-order valence-electron chi connectivity index (χ3n) is 6.16. The molecular weight excluding hydrogens is 450 g/mol. The number of furan rings is 1. The highest BCUT2D eigenvalue weighted by Crippen LogP contribution is 2.27. The molecule has 0 bridgehead atoms. The topological polar surface area (TPSA) is 135 Å². The Balaban J connectivity index is 1.66. The summed E-state index contributed by atoms with van der Waals surface area (Å²) in [6.07, 6.45) is 2.98. The fraction of sp³-hybridized carbons (Fsp3) is 0.360. The van der Waals surface area contributed by atoms with Gasteiger partial charge in [-0.2, -0.15) is 0 Å². The number of nitrogen functional groups attached to an aromatic ring is 1. The second kappa shape index (κ2) is 10.5. The number of hydrogen-bond donors (Lipinski definition) is 2. The second-order valence-electron chi connectivity index (χ2n) is 8.66. The van der Waals surface area contributed by atoms with Crippen LogP contribution in [-0.4, -0.2) is 32.8 Å². The van der Waals surface area contributed by atoms with Crippen molar-refractivity contribution in [3.63, 3.8) is 0 Å². The first-order valence-corrected chi connectivity index (χ1v) is 11.7. The molecule has 1 unspecified atom stereocenters. The van der Waals surface area contributed by atoms with E-state index in [0.29, 0.717) is 25.3 Å². The Morgan fingerprint density at radius 2 is 1.94 bits per heavy atom. The number of anilines is 2. The first kappa shape index (κ1) is 24.1. The quantitative estimate of drug-likeness (QED) is 0.483. The summed E-state index contributed by atoms with van der Waals surface area (Å²) in [5.41, 5.74) is 5.75. The monoisotopic (exact) mass is 479 g/mol. The van der Waals surface area contributed by atoms with E-state index in [0.717, 1.165) is 12.0 Å². The molecule has 1 aliphatic heterocycles. The minimum atomic E-state index is -0.759. The summed E-state index contributed by atoms with van der Waals surface area (Å²) in [6, 6.07) is 12.9. The number of H-pyrrole nitrogens is 1. The van der Waals surface area contributed by atoms with Crippen molar-refractivity contribution >= 4 is 23.3 Å². The van der Waals surface area contributed by atoms with Crippen molar-refractivity contribution in [2.45, 2.75) is 45.8 Å². The lowest BCUT2D eigenvalue weighted by Gasteiger charge is -2.26. The zero-order chi connectivity index (χ0) is 24.9. The largest absolute Gasteiger partial charge is 0.467 e. The van der Waals surface area contributed by atoms with Crippen LogP contribution in [0.15, 0.2) is 62.7 Å². The van der Waals surface area contributed by atoms with Gasteiger partial charge in [0.1, 0.15) is 11.6 Å². The van der Waals surface area contributed by atoms with Gasteiger partial charge in [-0.25, -0.2) is 4.79 Å². The van der Waals surface area contributed by atoms with Crippen LogP contribution in [0.4, 0.5) is 11.5 Å². The highest BCUT2D eigenvalue weighted by atomic mass is 16.3. The molecule has 3 aromatic rings. The van der Waals surface area contributed by atoms with E-state index in [4.69, 9.17) is 10.2 Å². The van der Waals surface area contributed by atoms with Gasteiger partial charge in [0.05, 0.1) is 18.7 Å². The van der Waals surface area contributed by atoms with Crippen LogP contribution < -0.4 is 21.9 Å². The SMILES string of the molecule is CCCCn1c(N)c(N(Cc2ccco2)C(=O)C2CC(=O)N(Cc3ccccc3)C2)c(=O)[nH]c1=O. The van der Waals surface area contributed by atoms with E-state index in [2.05, 4.69) is 4.98 Å². The Hall–Kier alpha value is -4.08. The average Bonchev–Trinajstić information content (AvgIpc) is 3.48. The van der Waals surface area contributed by atoms with Gasteiger partial charge in [0.25, 0.3) is 5.56 Å². The van der Waals surface area contributed by atoms with Gasteiger partial charge < -0.3 is 15.1 Å². The van der Waals surface area contributed by atoms with E-state index in [9.17, 15) is 19.2 Å². The Labute approximate surface area is 202 Å². The number of unbranched alkanes of at least 4 members (excludes halogenated alkanes) is 1. The van der Waals surface area contributed by atoms with E-state index in [-0.39, 0.29) is 36.9 Å². The van der Waals surface area contributed by atoms with E-state index in [1.54, 1.807) is 17.0 Å². The first-order valence-electron chi connectivity index (χ1n) is 11.7. The molecule has 0 aliphatic carbocycles. The number of rotatable bonds is 9. The molecule has 10 nitrogen and oxygen atoms in total. The van der Waals surface area contributed by atoms with Gasteiger partial charge in [-0.3, -0.25) is 28.8 Å². The van der Waals surface area contributed by atoms with Gasteiger partial charge in [0.15, 0.2) is 5.69 Å². The summed E-state index contributed by atoms with van der Waals surface area (Å²) in [6.45, 7) is 2.83. The highest BCUT2D eigenvalue weighted by molar-refractivity contribution is 6.00. The molecule has 1 aliphatic rings. The zero-order valence-electron chi connectivity index (χ0n) is 19.6. The molecule has 1 fully saturated rings. The number of nitrogens with two attached hydrogens (primary N) is 1.